The fraction of sp³-hybridized carbons (Fsp3) is 0. The Morgan fingerprint density at radius 2 is 0.833 bits per heavy atom. The molecule has 12 heavy (non-hydrogen) atoms. The predicted octanol–water partition coefficient (Wildman–Crippen LogP) is -2.21. The number of primary amides is 2. The summed E-state index contributed by atoms with van der Waals surface area (Å²) in [5.41, 5.74) is 8.50. The summed E-state index contributed by atoms with van der Waals surface area (Å²) in [6, 6.07) is -0.833. The number of hydrogen-bond donors (Lipinski definition) is 2. The molecule has 0 unspecified atom stereocenters. The fourth-order valence-electron chi connectivity index (χ4n) is 0. The molecule has 0 aromatic rings. The van der Waals surface area contributed by atoms with Gasteiger partial charge in [-0.05, 0) is 0 Å². The van der Waals surface area contributed by atoms with Crippen LogP contribution in [0.4, 0.5) is 4.79 Å². The van der Waals surface area contributed by atoms with Gasteiger partial charge in [-0.3, -0.25) is 19.2 Å². The molecule has 0 aromatic carbocycles. The SMILES string of the molecule is NC(N)=O.O=CC=O.O=CC=O. The summed E-state index contributed by atoms with van der Waals surface area (Å²) in [4.78, 5) is 44.2. The first-order valence-corrected chi connectivity index (χ1v) is 2.39. The van der Waals surface area contributed by atoms with E-state index in [0.29, 0.717) is 0 Å². The van der Waals surface area contributed by atoms with Crippen LogP contribution in [0.5, 0.6) is 0 Å². The molecule has 0 rings (SSSR count). The lowest BCUT2D eigenvalue weighted by molar-refractivity contribution is -0.122. The number of carbonyl (C=O) groups is 5. The van der Waals surface area contributed by atoms with Crippen LogP contribution in [0.1, 0.15) is 0 Å². The average molecular weight is 176 g/mol. The van der Waals surface area contributed by atoms with Gasteiger partial charge in [0.05, 0.1) is 0 Å². The summed E-state index contributed by atoms with van der Waals surface area (Å²) in [6.07, 6.45) is 0.778. The van der Waals surface area contributed by atoms with Gasteiger partial charge in [0.15, 0.2) is 25.1 Å². The van der Waals surface area contributed by atoms with Gasteiger partial charge in [-0.1, -0.05) is 0 Å². The maximum absolute atomic E-state index is 9.00. The van der Waals surface area contributed by atoms with Crippen molar-refractivity contribution in [3.8, 4) is 0 Å². The van der Waals surface area contributed by atoms with Crippen molar-refractivity contribution < 1.29 is 24.0 Å². The van der Waals surface area contributed by atoms with E-state index in [-0.39, 0.29) is 25.1 Å². The van der Waals surface area contributed by atoms with Crippen LogP contribution in [0.2, 0.25) is 0 Å². The molecule has 0 spiro atoms. The quantitative estimate of drug-likeness (QED) is 0.363. The molecular formula is C5H8N2O5. The van der Waals surface area contributed by atoms with Crippen molar-refractivity contribution in [3.05, 3.63) is 0 Å². The van der Waals surface area contributed by atoms with Gasteiger partial charge in [-0.15, -0.1) is 0 Å². The molecule has 0 saturated heterocycles. The van der Waals surface area contributed by atoms with E-state index in [2.05, 4.69) is 11.5 Å². The summed E-state index contributed by atoms with van der Waals surface area (Å²) in [5, 5.41) is 0. The van der Waals surface area contributed by atoms with Gasteiger partial charge in [0.1, 0.15) is 0 Å². The third-order valence-corrected chi connectivity index (χ3v) is 0.111. The molecule has 0 saturated carbocycles. The molecule has 7 nitrogen and oxygen atoms in total. The number of aldehydes is 4. The van der Waals surface area contributed by atoms with E-state index in [9.17, 15) is 0 Å². The average Bonchev–Trinajstić information content (AvgIpc) is 2.03. The van der Waals surface area contributed by atoms with E-state index in [4.69, 9.17) is 24.0 Å². The highest BCUT2D eigenvalue weighted by atomic mass is 16.2. The number of hydrogen-bond acceptors (Lipinski definition) is 5. The first-order chi connectivity index (χ1) is 5.56. The number of rotatable bonds is 2. The van der Waals surface area contributed by atoms with Gasteiger partial charge in [0.25, 0.3) is 0 Å². The van der Waals surface area contributed by atoms with Crippen LogP contribution in [-0.2, 0) is 19.2 Å². The minimum atomic E-state index is -0.833. The van der Waals surface area contributed by atoms with E-state index in [0.717, 1.165) is 0 Å². The minimum absolute atomic E-state index is 0.194. The molecule has 0 atom stereocenters. The lowest BCUT2D eigenvalue weighted by Gasteiger charge is -1.62. The van der Waals surface area contributed by atoms with Crippen molar-refractivity contribution in [2.45, 2.75) is 0 Å². The van der Waals surface area contributed by atoms with Crippen LogP contribution in [0.25, 0.3) is 0 Å². The normalized spacial score (nSPS) is 5.33. The highest BCUT2D eigenvalue weighted by Gasteiger charge is 1.60. The number of carbonyl (C=O) groups excluding carboxylic acids is 5. The Kier molecular flexibility index (Phi) is 31.7. The maximum Gasteiger partial charge on any atom is 0.309 e. The molecular weight excluding hydrogens is 168 g/mol. The highest BCUT2D eigenvalue weighted by molar-refractivity contribution is 6.09. The standard InChI is InChI=1S/2C2H2O2.CH4N2O/c2*3-1-2-4;2-1(3)4/h2*1-2H;(H4,2,3,4). The van der Waals surface area contributed by atoms with E-state index in [1.54, 1.807) is 0 Å². The summed E-state index contributed by atoms with van der Waals surface area (Å²) < 4.78 is 0. The summed E-state index contributed by atoms with van der Waals surface area (Å²) in [6.45, 7) is 0. The number of nitrogens with two attached hydrogens (primary N) is 2. The van der Waals surface area contributed by atoms with Gasteiger partial charge in [-0.2, -0.15) is 0 Å². The summed E-state index contributed by atoms with van der Waals surface area (Å²) >= 11 is 0. The van der Waals surface area contributed by atoms with Crippen molar-refractivity contribution in [1.29, 1.82) is 0 Å². The molecule has 7 heteroatoms. The molecule has 0 aliphatic rings. The van der Waals surface area contributed by atoms with Crippen molar-refractivity contribution in [2.75, 3.05) is 0 Å². The second kappa shape index (κ2) is 23.1. The van der Waals surface area contributed by atoms with E-state index < -0.39 is 6.03 Å². The number of amides is 2. The van der Waals surface area contributed by atoms with Crippen LogP contribution < -0.4 is 11.5 Å². The molecule has 0 aliphatic heterocycles. The Balaban J connectivity index is -0.000000101. The Hall–Kier alpha value is -2.05. The van der Waals surface area contributed by atoms with Crippen LogP contribution in [0.3, 0.4) is 0 Å². The zero-order valence-electron chi connectivity index (χ0n) is 6.01. The Labute approximate surface area is 67.7 Å². The van der Waals surface area contributed by atoms with Gasteiger partial charge in [0, 0.05) is 0 Å². The minimum Gasteiger partial charge on any atom is -0.352 e. The molecule has 0 radical (unpaired) electrons. The molecule has 0 bridgehead atoms. The highest BCUT2D eigenvalue weighted by Crippen LogP contribution is 1.25. The third-order valence-electron chi connectivity index (χ3n) is 0.111. The second-order valence-corrected chi connectivity index (χ2v) is 0.947. The Morgan fingerprint density at radius 3 is 0.833 bits per heavy atom. The first-order valence-electron chi connectivity index (χ1n) is 2.39. The topological polar surface area (TPSA) is 137 Å². The first kappa shape index (κ1) is 16.5. The van der Waals surface area contributed by atoms with Crippen LogP contribution in [0.15, 0.2) is 0 Å². The molecule has 2 amide bonds. The zero-order chi connectivity index (χ0) is 10.4. The predicted molar refractivity (Wildman–Crippen MR) is 38.0 cm³/mol. The Bertz CT molecular complexity index is 128. The zero-order valence-corrected chi connectivity index (χ0v) is 6.01. The van der Waals surface area contributed by atoms with Crippen molar-refractivity contribution >= 4 is 31.2 Å². The van der Waals surface area contributed by atoms with Crippen molar-refractivity contribution in [1.82, 2.24) is 0 Å². The van der Waals surface area contributed by atoms with Gasteiger partial charge in [0.2, 0.25) is 0 Å². The molecule has 68 valence electrons. The largest absolute Gasteiger partial charge is 0.352 e. The van der Waals surface area contributed by atoms with Gasteiger partial charge in [-0.25, -0.2) is 4.79 Å². The summed E-state index contributed by atoms with van der Waals surface area (Å²) in [5.74, 6) is 0. The van der Waals surface area contributed by atoms with Crippen molar-refractivity contribution in [3.63, 3.8) is 0 Å². The lowest BCUT2D eigenvalue weighted by Crippen LogP contribution is -2.18. The molecule has 4 N–H and O–H groups in total. The van der Waals surface area contributed by atoms with Gasteiger partial charge >= 0.3 is 6.03 Å². The molecule has 0 aromatic heterocycles. The third kappa shape index (κ3) is 154000. The number of urea groups is 1. The Morgan fingerprint density at radius 1 is 0.750 bits per heavy atom. The van der Waals surface area contributed by atoms with Crippen LogP contribution in [-0.4, -0.2) is 31.2 Å². The smallest absolute Gasteiger partial charge is 0.309 e. The molecule has 0 fully saturated rings. The lowest BCUT2D eigenvalue weighted by atomic mass is 10.9. The van der Waals surface area contributed by atoms with Crippen LogP contribution in [0, 0.1) is 0 Å². The second-order valence-electron chi connectivity index (χ2n) is 0.947. The van der Waals surface area contributed by atoms with E-state index in [1.807, 2.05) is 0 Å². The monoisotopic (exact) mass is 176 g/mol. The molecule has 0 heterocycles. The van der Waals surface area contributed by atoms with Crippen molar-refractivity contribution in [2.24, 2.45) is 11.5 Å². The van der Waals surface area contributed by atoms with E-state index in [1.165, 1.54) is 0 Å². The maximum atomic E-state index is 9.00. The van der Waals surface area contributed by atoms with Crippen LogP contribution >= 0.6 is 0 Å². The fourth-order valence-corrected chi connectivity index (χ4v) is 0. The summed E-state index contributed by atoms with van der Waals surface area (Å²) in [7, 11) is 0. The van der Waals surface area contributed by atoms with E-state index >= 15 is 0 Å². The molecule has 0 aliphatic carbocycles. The van der Waals surface area contributed by atoms with Gasteiger partial charge < -0.3 is 11.5 Å².